The maximum Gasteiger partial charge on any atom is 0.243 e. The van der Waals surface area contributed by atoms with Gasteiger partial charge in [0.05, 0.1) is 4.90 Å². The molecular weight excluding hydrogens is 370 g/mol. The van der Waals surface area contributed by atoms with Crippen molar-refractivity contribution in [2.45, 2.75) is 17.7 Å². The second kappa shape index (κ2) is 8.30. The zero-order valence-electron chi connectivity index (χ0n) is 14.7. The maximum absolute atomic E-state index is 12.8. The third kappa shape index (κ3) is 4.70. The molecule has 0 radical (unpaired) electrons. The number of sulfonamides is 1. The molecule has 0 unspecified atom stereocenters. The highest BCUT2D eigenvalue weighted by Gasteiger charge is 2.27. The lowest BCUT2D eigenvalue weighted by Gasteiger charge is -2.31. The summed E-state index contributed by atoms with van der Waals surface area (Å²) < 4.78 is 27.1. The van der Waals surface area contributed by atoms with Crippen molar-refractivity contribution in [3.05, 3.63) is 46.7 Å². The van der Waals surface area contributed by atoms with Crippen LogP contribution in [0.1, 0.15) is 12.0 Å². The molecule has 2 aromatic rings. The van der Waals surface area contributed by atoms with Crippen molar-refractivity contribution >= 4 is 33.0 Å². The summed E-state index contributed by atoms with van der Waals surface area (Å²) in [7, 11) is -1.55. The first-order chi connectivity index (χ1) is 12.4. The largest absolute Gasteiger partial charge is 0.326 e. The number of nitrogens with one attached hydrogen (secondary N) is 1. The van der Waals surface area contributed by atoms with E-state index in [1.807, 2.05) is 23.9 Å². The van der Waals surface area contributed by atoms with Crippen LogP contribution in [0.25, 0.3) is 0 Å². The Labute approximate surface area is 158 Å². The molecular formula is C18H23N3O3S2. The Kier molecular flexibility index (Phi) is 6.08. The second-order valence-corrected chi connectivity index (χ2v) is 9.13. The fourth-order valence-electron chi connectivity index (χ4n) is 2.83. The first-order valence-electron chi connectivity index (χ1n) is 8.55. The summed E-state index contributed by atoms with van der Waals surface area (Å²) in [5, 5.41) is 6.81. The number of aryl methyl sites for hydroxylation is 1. The molecule has 26 heavy (non-hydrogen) atoms. The molecule has 1 N–H and O–H groups in total. The van der Waals surface area contributed by atoms with Crippen LogP contribution < -0.4 is 5.32 Å². The van der Waals surface area contributed by atoms with Crippen LogP contribution in [0.3, 0.4) is 0 Å². The molecule has 1 aliphatic heterocycles. The van der Waals surface area contributed by atoms with E-state index in [4.69, 9.17) is 0 Å². The topological polar surface area (TPSA) is 69.7 Å². The number of carbonyl (C=O) groups excluding carboxylic acids is 1. The molecule has 0 bridgehead atoms. The molecule has 1 aliphatic rings. The SMILES string of the molecule is CN1CCN(S(=O)(=O)c2cccc(NC(=O)CCc3ccsc3)c2)CC1. The smallest absolute Gasteiger partial charge is 0.243 e. The van der Waals surface area contributed by atoms with Crippen LogP contribution in [0.15, 0.2) is 46.0 Å². The highest BCUT2D eigenvalue weighted by Crippen LogP contribution is 2.21. The number of nitrogens with zero attached hydrogens (tertiary/aromatic N) is 2. The minimum Gasteiger partial charge on any atom is -0.326 e. The zero-order chi connectivity index (χ0) is 18.6. The molecule has 0 saturated carbocycles. The number of anilines is 1. The number of rotatable bonds is 6. The van der Waals surface area contributed by atoms with Gasteiger partial charge in [-0.1, -0.05) is 6.07 Å². The Hall–Kier alpha value is -1.74. The van der Waals surface area contributed by atoms with Gasteiger partial charge in [-0.05, 0) is 54.1 Å². The van der Waals surface area contributed by atoms with Gasteiger partial charge in [0.2, 0.25) is 15.9 Å². The third-order valence-electron chi connectivity index (χ3n) is 4.44. The molecule has 0 spiro atoms. The van der Waals surface area contributed by atoms with E-state index in [9.17, 15) is 13.2 Å². The first kappa shape index (κ1) is 19.0. The normalized spacial score (nSPS) is 16.5. The van der Waals surface area contributed by atoms with Gasteiger partial charge >= 0.3 is 0 Å². The molecule has 2 heterocycles. The minimum atomic E-state index is -3.53. The summed E-state index contributed by atoms with van der Waals surface area (Å²) in [4.78, 5) is 14.5. The average Bonchev–Trinajstić information content (AvgIpc) is 3.14. The van der Waals surface area contributed by atoms with Gasteiger partial charge < -0.3 is 10.2 Å². The highest BCUT2D eigenvalue weighted by atomic mass is 32.2. The molecule has 140 valence electrons. The van der Waals surface area contributed by atoms with Gasteiger partial charge in [-0.3, -0.25) is 4.79 Å². The van der Waals surface area contributed by atoms with Crippen LogP contribution in [-0.4, -0.2) is 56.8 Å². The van der Waals surface area contributed by atoms with Gasteiger partial charge in [-0.2, -0.15) is 15.6 Å². The van der Waals surface area contributed by atoms with Crippen molar-refractivity contribution in [1.82, 2.24) is 9.21 Å². The van der Waals surface area contributed by atoms with E-state index >= 15 is 0 Å². The lowest BCUT2D eigenvalue weighted by atomic mass is 10.2. The Morgan fingerprint density at radius 2 is 1.96 bits per heavy atom. The lowest BCUT2D eigenvalue weighted by Crippen LogP contribution is -2.47. The van der Waals surface area contributed by atoms with Gasteiger partial charge in [0, 0.05) is 38.3 Å². The molecule has 6 nitrogen and oxygen atoms in total. The Morgan fingerprint density at radius 1 is 1.19 bits per heavy atom. The van der Waals surface area contributed by atoms with Crippen molar-refractivity contribution in [2.75, 3.05) is 38.5 Å². The zero-order valence-corrected chi connectivity index (χ0v) is 16.4. The molecule has 1 aromatic carbocycles. The van der Waals surface area contributed by atoms with E-state index in [0.29, 0.717) is 31.6 Å². The molecule has 1 amide bonds. The van der Waals surface area contributed by atoms with Crippen LogP contribution in [0, 0.1) is 0 Å². The van der Waals surface area contributed by atoms with Crippen LogP contribution in [0.4, 0.5) is 5.69 Å². The van der Waals surface area contributed by atoms with E-state index in [1.54, 1.807) is 29.5 Å². The van der Waals surface area contributed by atoms with Crippen LogP contribution >= 0.6 is 11.3 Å². The van der Waals surface area contributed by atoms with Gasteiger partial charge in [-0.15, -0.1) is 0 Å². The Morgan fingerprint density at radius 3 is 2.65 bits per heavy atom. The standard InChI is InChI=1S/C18H23N3O3S2/c1-20-8-10-21(11-9-20)26(23,24)17-4-2-3-16(13-17)19-18(22)6-5-15-7-12-25-14-15/h2-4,7,12-14H,5-6,8-11H2,1H3,(H,19,22). The predicted molar refractivity (Wildman–Crippen MR) is 104 cm³/mol. The highest BCUT2D eigenvalue weighted by molar-refractivity contribution is 7.89. The number of likely N-dealkylation sites (N-methyl/N-ethyl adjacent to an activating group) is 1. The number of carbonyl (C=O) groups is 1. The van der Waals surface area contributed by atoms with Crippen molar-refractivity contribution in [3.8, 4) is 0 Å². The summed E-state index contributed by atoms with van der Waals surface area (Å²) in [6, 6.07) is 8.49. The summed E-state index contributed by atoms with van der Waals surface area (Å²) in [6.45, 7) is 2.41. The van der Waals surface area contributed by atoms with Gasteiger partial charge in [0.25, 0.3) is 0 Å². The van der Waals surface area contributed by atoms with Crippen LogP contribution in [-0.2, 0) is 21.2 Å². The third-order valence-corrected chi connectivity index (χ3v) is 7.07. The molecule has 1 saturated heterocycles. The van der Waals surface area contributed by atoms with E-state index < -0.39 is 10.0 Å². The summed E-state index contributed by atoms with van der Waals surface area (Å²) in [5.41, 5.74) is 1.65. The fraction of sp³-hybridized carbons (Fsp3) is 0.389. The van der Waals surface area contributed by atoms with Crippen molar-refractivity contribution in [2.24, 2.45) is 0 Å². The van der Waals surface area contributed by atoms with E-state index in [0.717, 1.165) is 18.7 Å². The molecule has 3 rings (SSSR count). The number of amides is 1. The van der Waals surface area contributed by atoms with E-state index in [1.165, 1.54) is 10.4 Å². The fourth-order valence-corrected chi connectivity index (χ4v) is 5.00. The van der Waals surface area contributed by atoms with Crippen molar-refractivity contribution in [1.29, 1.82) is 0 Å². The molecule has 0 aliphatic carbocycles. The monoisotopic (exact) mass is 393 g/mol. The summed E-state index contributed by atoms with van der Waals surface area (Å²) in [6.07, 6.45) is 1.04. The quantitative estimate of drug-likeness (QED) is 0.817. The minimum absolute atomic E-state index is 0.120. The molecule has 0 atom stereocenters. The van der Waals surface area contributed by atoms with Gasteiger partial charge in [-0.25, -0.2) is 8.42 Å². The Bertz CT molecular complexity index is 842. The molecule has 1 fully saturated rings. The maximum atomic E-state index is 12.8. The van der Waals surface area contributed by atoms with Crippen LogP contribution in [0.2, 0.25) is 0 Å². The summed E-state index contributed by atoms with van der Waals surface area (Å²) in [5.74, 6) is -0.120. The molecule has 1 aromatic heterocycles. The van der Waals surface area contributed by atoms with Crippen molar-refractivity contribution < 1.29 is 13.2 Å². The van der Waals surface area contributed by atoms with E-state index in [-0.39, 0.29) is 10.8 Å². The number of benzene rings is 1. The number of hydrogen-bond donors (Lipinski definition) is 1. The number of piperazine rings is 1. The lowest BCUT2D eigenvalue weighted by molar-refractivity contribution is -0.116. The van der Waals surface area contributed by atoms with Gasteiger partial charge in [0.1, 0.15) is 0 Å². The summed E-state index contributed by atoms with van der Waals surface area (Å²) >= 11 is 1.61. The Balaban J connectivity index is 1.64. The van der Waals surface area contributed by atoms with E-state index in [2.05, 4.69) is 10.2 Å². The van der Waals surface area contributed by atoms with Gasteiger partial charge in [0.15, 0.2) is 0 Å². The average molecular weight is 394 g/mol. The first-order valence-corrected chi connectivity index (χ1v) is 10.9. The molecule has 8 heteroatoms. The number of thiophene rings is 1. The second-order valence-electron chi connectivity index (χ2n) is 6.41. The number of hydrogen-bond acceptors (Lipinski definition) is 5. The van der Waals surface area contributed by atoms with Crippen molar-refractivity contribution in [3.63, 3.8) is 0 Å². The van der Waals surface area contributed by atoms with Crippen LogP contribution in [0.5, 0.6) is 0 Å². The predicted octanol–water partition coefficient (Wildman–Crippen LogP) is 2.26.